The highest BCUT2D eigenvalue weighted by Gasteiger charge is 2.90. The van der Waals surface area contributed by atoms with Crippen LogP contribution in [0.4, 0.5) is 48.3 Å². The number of hydrogen-bond donors (Lipinski definition) is 0. The van der Waals surface area contributed by atoms with Gasteiger partial charge in [0.05, 0.1) is 0 Å². The first kappa shape index (κ1) is 19.5. The average Bonchev–Trinajstić information content (AvgIpc) is 2.21. The number of rotatable bonds is 5. The van der Waals surface area contributed by atoms with Crippen LogP contribution < -0.4 is 5.26 Å². The van der Waals surface area contributed by atoms with Gasteiger partial charge in [-0.1, -0.05) is 0 Å². The molecule has 0 radical (unpaired) electrons. The molecule has 0 amide bonds. The van der Waals surface area contributed by atoms with Gasteiger partial charge in [0, 0.05) is 0 Å². The van der Waals surface area contributed by atoms with E-state index in [2.05, 4.69) is 9.37 Å². The molecular weight excluding hydrogens is 349 g/mol. The van der Waals surface area contributed by atoms with Crippen molar-refractivity contribution < 1.29 is 62.9 Å². The molecule has 20 heavy (non-hydrogen) atoms. The van der Waals surface area contributed by atoms with E-state index in [4.69, 9.17) is 5.26 Å². The molecule has 0 bridgehead atoms. The summed E-state index contributed by atoms with van der Waals surface area (Å²) in [6.45, 7) is 0. The first-order valence-corrected chi connectivity index (χ1v) is 4.52. The Hall–Kier alpha value is -0.540. The molecule has 3 nitrogen and oxygen atoms in total. The van der Waals surface area contributed by atoms with Gasteiger partial charge in [0.25, 0.3) is 0 Å². The van der Waals surface area contributed by atoms with Crippen LogP contribution in [0, 0.1) is 0 Å². The lowest BCUT2D eigenvalue weighted by Gasteiger charge is -2.38. The van der Waals surface area contributed by atoms with Gasteiger partial charge in [-0.25, -0.2) is 4.39 Å². The van der Waals surface area contributed by atoms with Crippen molar-refractivity contribution in [3.8, 4) is 0 Å². The molecule has 0 rings (SSSR count). The van der Waals surface area contributed by atoms with E-state index in [0.717, 1.165) is 0 Å². The maximum atomic E-state index is 12.8. The first-order valence-electron chi connectivity index (χ1n) is 3.78. The van der Waals surface area contributed by atoms with Gasteiger partial charge in [0.15, 0.2) is 0 Å². The smallest absolute Gasteiger partial charge is 0.438 e. The van der Waals surface area contributed by atoms with Crippen molar-refractivity contribution >= 4 is 12.0 Å². The van der Waals surface area contributed by atoms with E-state index in [9.17, 15) is 48.3 Å². The van der Waals surface area contributed by atoms with E-state index in [1.165, 1.54) is 0 Å². The van der Waals surface area contributed by atoms with Gasteiger partial charge < -0.3 is 5.26 Å². The molecule has 0 aliphatic rings. The molecule has 0 aliphatic carbocycles. The van der Waals surface area contributed by atoms with Crippen LogP contribution in [0.1, 0.15) is 0 Å². The minimum atomic E-state index is -7.59. The molecule has 0 saturated carbocycles. The summed E-state index contributed by atoms with van der Waals surface area (Å²) in [5.41, 5.74) is -7.59. The van der Waals surface area contributed by atoms with Gasteiger partial charge in [-0.05, 0) is 0 Å². The molecule has 0 aliphatic heterocycles. The van der Waals surface area contributed by atoms with Crippen molar-refractivity contribution in [3.63, 3.8) is 0 Å². The summed E-state index contributed by atoms with van der Waals surface area (Å²) in [5.74, 6) is -7.36. The van der Waals surface area contributed by atoms with E-state index in [0.29, 0.717) is 0 Å². The van der Waals surface area contributed by atoms with Crippen LogP contribution in [0.5, 0.6) is 0 Å². The molecule has 122 valence electrons. The second-order valence-electron chi connectivity index (χ2n) is 2.96. The summed E-state index contributed by atoms with van der Waals surface area (Å²) in [4.78, 5) is 0. The van der Waals surface area contributed by atoms with Gasteiger partial charge in [0.1, 0.15) is 12.0 Å². The summed E-state index contributed by atoms with van der Waals surface area (Å²) >= 11 is -2.21. The average molecular weight is 349 g/mol. The minimum absolute atomic E-state index is 2.07. The Morgan fingerprint density at radius 1 is 0.700 bits per heavy atom. The van der Waals surface area contributed by atoms with Gasteiger partial charge >= 0.3 is 29.2 Å². The molecule has 0 spiro atoms. The van der Waals surface area contributed by atoms with E-state index in [-0.39, 0.29) is 0 Å². The number of halogens is 11. The molecule has 0 unspecified atom stereocenters. The summed E-state index contributed by atoms with van der Waals surface area (Å²) in [5, 5.41) is 4.73. The Morgan fingerprint density at radius 2 is 1.05 bits per heavy atom. The van der Waals surface area contributed by atoms with Crippen molar-refractivity contribution in [2.75, 3.05) is 0 Å². The topological polar surface area (TPSA) is 41.5 Å². The zero-order chi connectivity index (χ0) is 16.6. The predicted octanol–water partition coefficient (Wildman–Crippen LogP) is 2.92. The van der Waals surface area contributed by atoms with Crippen molar-refractivity contribution in [2.45, 2.75) is 29.2 Å². The van der Waals surface area contributed by atoms with Crippen LogP contribution in [0.3, 0.4) is 0 Å². The van der Waals surface area contributed by atoms with Crippen LogP contribution in [0.25, 0.3) is 0 Å². The van der Waals surface area contributed by atoms with E-state index in [1.807, 2.05) is 0 Å². The molecule has 0 aromatic carbocycles. The maximum absolute atomic E-state index is 12.8. The molecule has 0 aromatic rings. The SMILES string of the molecule is [O-]OOSC(F)(F)C(F)(F)C(F)(C(F)(F)F)C(F)(F)F. The fraction of sp³-hybridized carbons (Fsp3) is 1.00. The standard InChI is InChI=1S/C5HF11O3S/c6-1(3(9,10)11,4(12,13)14)2(7,8)5(15,16)20-19-18-17/h17H/p-1. The van der Waals surface area contributed by atoms with E-state index >= 15 is 0 Å². The Labute approximate surface area is 105 Å². The fourth-order valence-corrected chi connectivity index (χ4v) is 1.18. The Kier molecular flexibility index (Phi) is 5.20. The van der Waals surface area contributed by atoms with Crippen molar-refractivity contribution in [3.05, 3.63) is 0 Å². The molecule has 0 fully saturated rings. The maximum Gasteiger partial charge on any atom is 0.438 e. The van der Waals surface area contributed by atoms with Gasteiger partial charge in [-0.3, -0.25) is 5.04 Å². The van der Waals surface area contributed by atoms with Crippen LogP contribution in [-0.2, 0) is 9.37 Å². The molecule has 0 saturated heterocycles. The normalized spacial score (nSPS) is 15.6. The molecule has 15 heteroatoms. The number of alkyl halides is 11. The largest absolute Gasteiger partial charge is 0.691 e. The molecule has 0 heterocycles. The quantitative estimate of drug-likeness (QED) is 0.331. The minimum Gasteiger partial charge on any atom is -0.691 e. The van der Waals surface area contributed by atoms with Gasteiger partial charge in [-0.2, -0.15) is 48.2 Å². The highest BCUT2D eigenvalue weighted by Crippen LogP contribution is 2.61. The van der Waals surface area contributed by atoms with Gasteiger partial charge in [0.2, 0.25) is 0 Å². The number of hydrogen-bond acceptors (Lipinski definition) is 4. The summed E-state index contributed by atoms with van der Waals surface area (Å²) in [7, 11) is 0. The lowest BCUT2D eigenvalue weighted by atomic mass is 9.96. The third kappa shape index (κ3) is 2.89. The Balaban J connectivity index is 5.94. The third-order valence-electron chi connectivity index (χ3n) is 1.75. The van der Waals surface area contributed by atoms with E-state index < -0.39 is 41.2 Å². The third-order valence-corrected chi connectivity index (χ3v) is 2.34. The molecule has 0 aromatic heterocycles. The molecular formula is C5F11O3S-. The lowest BCUT2D eigenvalue weighted by molar-refractivity contribution is -0.777. The highest BCUT2D eigenvalue weighted by atomic mass is 32.2. The van der Waals surface area contributed by atoms with Crippen molar-refractivity contribution in [1.82, 2.24) is 0 Å². The predicted molar refractivity (Wildman–Crippen MR) is 35.6 cm³/mol. The van der Waals surface area contributed by atoms with Crippen LogP contribution in [-0.4, -0.2) is 29.2 Å². The van der Waals surface area contributed by atoms with Crippen molar-refractivity contribution in [1.29, 1.82) is 0 Å². The van der Waals surface area contributed by atoms with Crippen LogP contribution >= 0.6 is 12.0 Å². The second-order valence-corrected chi connectivity index (χ2v) is 3.78. The molecule has 0 atom stereocenters. The fourth-order valence-electron chi connectivity index (χ4n) is 0.826. The summed E-state index contributed by atoms with van der Waals surface area (Å²) in [6.07, 6.45) is -14.9. The van der Waals surface area contributed by atoms with Crippen LogP contribution in [0.2, 0.25) is 0 Å². The van der Waals surface area contributed by atoms with E-state index in [1.54, 1.807) is 0 Å². The Bertz CT molecular complexity index is 322. The molecule has 0 N–H and O–H groups in total. The Morgan fingerprint density at radius 3 is 1.30 bits per heavy atom. The van der Waals surface area contributed by atoms with Crippen molar-refractivity contribution in [2.24, 2.45) is 0 Å². The monoisotopic (exact) mass is 349 g/mol. The summed E-state index contributed by atoms with van der Waals surface area (Å²) in [6, 6.07) is 0. The second kappa shape index (κ2) is 5.34. The van der Waals surface area contributed by atoms with Gasteiger partial charge in [-0.15, -0.1) is 0 Å². The zero-order valence-corrected chi connectivity index (χ0v) is 9.11. The van der Waals surface area contributed by atoms with Crippen LogP contribution in [0.15, 0.2) is 0 Å². The zero-order valence-electron chi connectivity index (χ0n) is 8.29. The highest BCUT2D eigenvalue weighted by molar-refractivity contribution is 7.95. The lowest BCUT2D eigenvalue weighted by Crippen LogP contribution is -2.69. The first-order chi connectivity index (χ1) is 8.56. The summed E-state index contributed by atoms with van der Waals surface area (Å²) < 4.78 is 137.